The van der Waals surface area contributed by atoms with E-state index in [1.54, 1.807) is 0 Å². The number of halogens is 1. The second-order valence-corrected chi connectivity index (χ2v) is 3.01. The number of carbonyl (C=O) groups excluding carboxylic acids is 1. The van der Waals surface area contributed by atoms with Crippen LogP contribution in [0.4, 0.5) is 0 Å². The molecular formula is C7H12ClNO. The number of hydrogen-bond donors (Lipinski definition) is 1. The molecule has 2 nitrogen and oxygen atoms in total. The highest BCUT2D eigenvalue weighted by Gasteiger charge is 2.16. The summed E-state index contributed by atoms with van der Waals surface area (Å²) in [5.41, 5.74) is 0. The first-order valence-corrected chi connectivity index (χ1v) is 4.21. The van der Waals surface area contributed by atoms with Crippen molar-refractivity contribution in [3.63, 3.8) is 0 Å². The predicted molar refractivity (Wildman–Crippen MR) is 41.1 cm³/mol. The molecule has 1 unspecified atom stereocenters. The summed E-state index contributed by atoms with van der Waals surface area (Å²) in [7, 11) is 0. The monoisotopic (exact) mass is 161 g/mol. The van der Waals surface area contributed by atoms with Crippen molar-refractivity contribution in [1.82, 2.24) is 5.32 Å². The Bertz CT molecular complexity index is 125. The third kappa shape index (κ3) is 2.18. The first kappa shape index (κ1) is 7.86. The molecule has 10 heavy (non-hydrogen) atoms. The zero-order chi connectivity index (χ0) is 7.40. The maximum Gasteiger partial charge on any atom is 0.220 e. The molecule has 0 saturated carbocycles. The van der Waals surface area contributed by atoms with Crippen LogP contribution in [0.15, 0.2) is 0 Å². The molecule has 0 radical (unpaired) electrons. The molecule has 0 aromatic heterocycles. The molecule has 1 saturated heterocycles. The van der Waals surface area contributed by atoms with E-state index in [-0.39, 0.29) is 5.91 Å². The molecule has 1 aliphatic heterocycles. The molecule has 1 fully saturated rings. The molecule has 1 rings (SSSR count). The van der Waals surface area contributed by atoms with Gasteiger partial charge in [-0.2, -0.15) is 0 Å². The van der Waals surface area contributed by atoms with Crippen LogP contribution >= 0.6 is 11.6 Å². The lowest BCUT2D eigenvalue weighted by Gasteiger charge is -2.21. The maximum absolute atomic E-state index is 10.8. The van der Waals surface area contributed by atoms with Crippen LogP contribution in [0, 0.1) is 0 Å². The van der Waals surface area contributed by atoms with Gasteiger partial charge in [-0.15, -0.1) is 11.6 Å². The first-order valence-electron chi connectivity index (χ1n) is 3.68. The Labute approximate surface area is 65.9 Å². The summed E-state index contributed by atoms with van der Waals surface area (Å²) in [6.07, 6.45) is 3.72. The zero-order valence-corrected chi connectivity index (χ0v) is 6.66. The van der Waals surface area contributed by atoms with Crippen LogP contribution in [0.1, 0.15) is 25.7 Å². The van der Waals surface area contributed by atoms with E-state index in [9.17, 15) is 4.79 Å². The average Bonchev–Trinajstić information content (AvgIpc) is 1.88. The highest BCUT2D eigenvalue weighted by atomic mass is 35.5. The summed E-state index contributed by atoms with van der Waals surface area (Å²) >= 11 is 5.53. The summed E-state index contributed by atoms with van der Waals surface area (Å²) < 4.78 is 0. The van der Waals surface area contributed by atoms with Gasteiger partial charge in [0.15, 0.2) is 0 Å². The predicted octanol–water partition coefficient (Wildman–Crippen LogP) is 1.28. The van der Waals surface area contributed by atoms with Crippen molar-refractivity contribution < 1.29 is 4.79 Å². The van der Waals surface area contributed by atoms with Gasteiger partial charge in [0.2, 0.25) is 5.91 Å². The lowest BCUT2D eigenvalue weighted by Crippen LogP contribution is -2.38. The largest absolute Gasteiger partial charge is 0.353 e. The van der Waals surface area contributed by atoms with Crippen molar-refractivity contribution in [3.8, 4) is 0 Å². The molecule has 0 aromatic carbocycles. The van der Waals surface area contributed by atoms with Gasteiger partial charge in [-0.25, -0.2) is 0 Å². The molecule has 3 heteroatoms. The normalized spacial score (nSPS) is 26.1. The SMILES string of the molecule is O=C1CCCC(CCCl)N1. The highest BCUT2D eigenvalue weighted by molar-refractivity contribution is 6.17. The van der Waals surface area contributed by atoms with Gasteiger partial charge in [0.05, 0.1) is 0 Å². The van der Waals surface area contributed by atoms with Crippen LogP contribution in [0.5, 0.6) is 0 Å². The maximum atomic E-state index is 10.8. The molecule has 1 heterocycles. The van der Waals surface area contributed by atoms with Gasteiger partial charge in [0.25, 0.3) is 0 Å². The molecule has 0 spiro atoms. The standard InChI is InChI=1S/C7H12ClNO/c8-5-4-6-2-1-3-7(10)9-6/h6H,1-5H2,(H,9,10). The van der Waals surface area contributed by atoms with Crippen molar-refractivity contribution in [3.05, 3.63) is 0 Å². The van der Waals surface area contributed by atoms with Crippen LogP contribution in [0.2, 0.25) is 0 Å². The van der Waals surface area contributed by atoms with Crippen molar-refractivity contribution >= 4 is 17.5 Å². The minimum absolute atomic E-state index is 0.182. The Balaban J connectivity index is 2.25. The Hall–Kier alpha value is -0.240. The molecule has 1 N–H and O–H groups in total. The second kappa shape index (κ2) is 3.81. The van der Waals surface area contributed by atoms with E-state index in [0.717, 1.165) is 19.3 Å². The van der Waals surface area contributed by atoms with Gasteiger partial charge in [-0.05, 0) is 19.3 Å². The van der Waals surface area contributed by atoms with E-state index in [1.807, 2.05) is 0 Å². The topological polar surface area (TPSA) is 29.1 Å². The number of hydrogen-bond acceptors (Lipinski definition) is 1. The van der Waals surface area contributed by atoms with E-state index in [1.165, 1.54) is 0 Å². The number of amides is 1. The summed E-state index contributed by atoms with van der Waals surface area (Å²) in [5, 5.41) is 2.89. The average molecular weight is 162 g/mol. The van der Waals surface area contributed by atoms with E-state index >= 15 is 0 Å². The molecule has 1 amide bonds. The van der Waals surface area contributed by atoms with E-state index in [0.29, 0.717) is 18.3 Å². The minimum Gasteiger partial charge on any atom is -0.353 e. The van der Waals surface area contributed by atoms with Gasteiger partial charge in [-0.3, -0.25) is 4.79 Å². The number of alkyl halides is 1. The van der Waals surface area contributed by atoms with Crippen LogP contribution in [-0.2, 0) is 4.79 Å². The van der Waals surface area contributed by atoms with Gasteiger partial charge >= 0.3 is 0 Å². The van der Waals surface area contributed by atoms with E-state index < -0.39 is 0 Å². The lowest BCUT2D eigenvalue weighted by molar-refractivity contribution is -0.123. The Morgan fingerprint density at radius 1 is 1.70 bits per heavy atom. The summed E-state index contributed by atoms with van der Waals surface area (Å²) in [6, 6.07) is 0.346. The van der Waals surface area contributed by atoms with Gasteiger partial charge < -0.3 is 5.32 Å². The molecular weight excluding hydrogens is 150 g/mol. The van der Waals surface area contributed by atoms with Crippen LogP contribution < -0.4 is 5.32 Å². The number of piperidine rings is 1. The fourth-order valence-corrected chi connectivity index (χ4v) is 1.49. The summed E-state index contributed by atoms with van der Waals surface area (Å²) in [5.74, 6) is 0.826. The molecule has 0 bridgehead atoms. The quantitative estimate of drug-likeness (QED) is 0.608. The minimum atomic E-state index is 0.182. The molecule has 0 aromatic rings. The van der Waals surface area contributed by atoms with Gasteiger partial charge in [0, 0.05) is 18.3 Å². The fourth-order valence-electron chi connectivity index (χ4n) is 1.23. The highest BCUT2D eigenvalue weighted by Crippen LogP contribution is 2.10. The Morgan fingerprint density at radius 2 is 2.50 bits per heavy atom. The lowest BCUT2D eigenvalue weighted by atomic mass is 10.0. The van der Waals surface area contributed by atoms with Crippen LogP contribution in [0.25, 0.3) is 0 Å². The van der Waals surface area contributed by atoms with Crippen molar-refractivity contribution in [2.45, 2.75) is 31.7 Å². The van der Waals surface area contributed by atoms with Gasteiger partial charge in [0.1, 0.15) is 0 Å². The third-order valence-electron chi connectivity index (χ3n) is 1.78. The zero-order valence-electron chi connectivity index (χ0n) is 5.90. The Kier molecular flexibility index (Phi) is 3.00. The smallest absolute Gasteiger partial charge is 0.220 e. The van der Waals surface area contributed by atoms with Crippen molar-refractivity contribution in [1.29, 1.82) is 0 Å². The molecule has 1 aliphatic rings. The van der Waals surface area contributed by atoms with Crippen LogP contribution in [-0.4, -0.2) is 17.8 Å². The number of rotatable bonds is 2. The van der Waals surface area contributed by atoms with Crippen molar-refractivity contribution in [2.75, 3.05) is 5.88 Å². The second-order valence-electron chi connectivity index (χ2n) is 2.63. The van der Waals surface area contributed by atoms with Gasteiger partial charge in [-0.1, -0.05) is 0 Å². The van der Waals surface area contributed by atoms with E-state index in [4.69, 9.17) is 11.6 Å². The number of nitrogens with one attached hydrogen (secondary N) is 1. The number of carbonyl (C=O) groups is 1. The molecule has 58 valence electrons. The van der Waals surface area contributed by atoms with Crippen LogP contribution in [0.3, 0.4) is 0 Å². The Morgan fingerprint density at radius 3 is 3.10 bits per heavy atom. The summed E-state index contributed by atoms with van der Waals surface area (Å²) in [6.45, 7) is 0. The van der Waals surface area contributed by atoms with Crippen molar-refractivity contribution in [2.24, 2.45) is 0 Å². The molecule has 0 aliphatic carbocycles. The molecule has 1 atom stereocenters. The van der Waals surface area contributed by atoms with E-state index in [2.05, 4.69) is 5.32 Å². The summed E-state index contributed by atoms with van der Waals surface area (Å²) in [4.78, 5) is 10.8. The fraction of sp³-hybridized carbons (Fsp3) is 0.857. The third-order valence-corrected chi connectivity index (χ3v) is 2.00. The first-order chi connectivity index (χ1) is 4.83.